The van der Waals surface area contributed by atoms with Crippen LogP contribution in [0.5, 0.6) is 0 Å². The van der Waals surface area contributed by atoms with Crippen molar-refractivity contribution < 1.29 is 9.53 Å². The lowest BCUT2D eigenvalue weighted by Gasteiger charge is -1.99. The summed E-state index contributed by atoms with van der Waals surface area (Å²) in [5.41, 5.74) is 2.95. The van der Waals surface area contributed by atoms with Crippen LogP contribution in [0.2, 0.25) is 0 Å². The zero-order valence-corrected chi connectivity index (χ0v) is 8.70. The molecule has 0 atom stereocenters. The fraction of sp³-hybridized carbons (Fsp3) is 0.273. The van der Waals surface area contributed by atoms with Crippen LogP contribution in [-0.2, 0) is 16.0 Å². The first-order valence-corrected chi connectivity index (χ1v) is 4.70. The lowest BCUT2D eigenvalue weighted by molar-refractivity contribution is -0.139. The van der Waals surface area contributed by atoms with Crippen LogP contribution >= 0.6 is 0 Å². The molecule has 1 N–H and O–H groups in total. The highest BCUT2D eigenvalue weighted by Crippen LogP contribution is 2.21. The second-order valence-corrected chi connectivity index (χ2v) is 3.40. The van der Waals surface area contributed by atoms with Gasteiger partial charge in [0.25, 0.3) is 0 Å². The normalized spacial score (nSPS) is 10.5. The summed E-state index contributed by atoms with van der Waals surface area (Å²) in [6, 6.07) is 1.89. The summed E-state index contributed by atoms with van der Waals surface area (Å²) in [6.45, 7) is 1.94. The number of fused-ring (bicyclic) bond motifs is 1. The summed E-state index contributed by atoms with van der Waals surface area (Å²) >= 11 is 0. The molecular formula is C11H12N2O2. The minimum Gasteiger partial charge on any atom is -0.469 e. The SMILES string of the molecule is COC(=O)Cc1c(C)[nH]c2ccncc12. The molecule has 0 unspecified atom stereocenters. The number of hydrogen-bond donors (Lipinski definition) is 1. The van der Waals surface area contributed by atoms with Crippen LogP contribution in [0.1, 0.15) is 11.3 Å². The number of H-pyrrole nitrogens is 1. The van der Waals surface area contributed by atoms with Crippen molar-refractivity contribution in [1.82, 2.24) is 9.97 Å². The molecule has 0 saturated heterocycles. The Labute approximate surface area is 87.3 Å². The van der Waals surface area contributed by atoms with Gasteiger partial charge in [-0.1, -0.05) is 0 Å². The molecule has 0 bridgehead atoms. The van der Waals surface area contributed by atoms with Gasteiger partial charge in [0.2, 0.25) is 0 Å². The molecule has 2 heterocycles. The van der Waals surface area contributed by atoms with E-state index in [2.05, 4.69) is 14.7 Å². The number of nitrogens with zero attached hydrogens (tertiary/aromatic N) is 1. The summed E-state index contributed by atoms with van der Waals surface area (Å²) in [4.78, 5) is 18.5. The zero-order valence-electron chi connectivity index (χ0n) is 8.70. The first kappa shape index (κ1) is 9.71. The van der Waals surface area contributed by atoms with Crippen molar-refractivity contribution in [3.05, 3.63) is 29.7 Å². The summed E-state index contributed by atoms with van der Waals surface area (Å²) in [7, 11) is 1.39. The maximum Gasteiger partial charge on any atom is 0.310 e. The maximum absolute atomic E-state index is 11.2. The third-order valence-electron chi connectivity index (χ3n) is 2.47. The third kappa shape index (κ3) is 1.70. The molecule has 2 aromatic rings. The van der Waals surface area contributed by atoms with Gasteiger partial charge in [-0.3, -0.25) is 9.78 Å². The third-order valence-corrected chi connectivity index (χ3v) is 2.47. The van der Waals surface area contributed by atoms with E-state index in [0.717, 1.165) is 22.2 Å². The lowest BCUT2D eigenvalue weighted by Crippen LogP contribution is -2.04. The van der Waals surface area contributed by atoms with Crippen molar-refractivity contribution in [3.63, 3.8) is 0 Å². The molecule has 4 nitrogen and oxygen atoms in total. The number of esters is 1. The summed E-state index contributed by atoms with van der Waals surface area (Å²) in [5.74, 6) is -0.233. The van der Waals surface area contributed by atoms with E-state index in [9.17, 15) is 4.79 Å². The Morgan fingerprint density at radius 3 is 3.13 bits per heavy atom. The Balaban J connectivity index is 2.49. The number of ether oxygens (including phenoxy) is 1. The summed E-state index contributed by atoms with van der Waals surface area (Å²) < 4.78 is 4.65. The molecule has 0 aliphatic rings. The van der Waals surface area contributed by atoms with E-state index in [4.69, 9.17) is 0 Å². The largest absolute Gasteiger partial charge is 0.469 e. The second kappa shape index (κ2) is 3.73. The van der Waals surface area contributed by atoms with Gasteiger partial charge < -0.3 is 9.72 Å². The van der Waals surface area contributed by atoms with E-state index in [0.29, 0.717) is 0 Å². The number of nitrogens with one attached hydrogen (secondary N) is 1. The molecule has 4 heteroatoms. The zero-order chi connectivity index (χ0) is 10.8. The van der Waals surface area contributed by atoms with Crippen LogP contribution in [0.15, 0.2) is 18.5 Å². The quantitative estimate of drug-likeness (QED) is 0.756. The van der Waals surface area contributed by atoms with Crippen molar-refractivity contribution in [2.24, 2.45) is 0 Å². The Kier molecular flexibility index (Phi) is 2.41. The smallest absolute Gasteiger partial charge is 0.310 e. The Hall–Kier alpha value is -1.84. The van der Waals surface area contributed by atoms with Crippen LogP contribution in [0.4, 0.5) is 0 Å². The minimum atomic E-state index is -0.233. The predicted octanol–water partition coefficient (Wildman–Crippen LogP) is 1.59. The monoisotopic (exact) mass is 204 g/mol. The van der Waals surface area contributed by atoms with E-state index >= 15 is 0 Å². The average Bonchev–Trinajstić information content (AvgIpc) is 2.55. The molecule has 2 aromatic heterocycles. The molecule has 0 amide bonds. The number of hydrogen-bond acceptors (Lipinski definition) is 3. The Morgan fingerprint density at radius 2 is 2.40 bits per heavy atom. The van der Waals surface area contributed by atoms with E-state index in [1.165, 1.54) is 7.11 Å². The fourth-order valence-corrected chi connectivity index (χ4v) is 1.67. The topological polar surface area (TPSA) is 55.0 Å². The Bertz CT molecular complexity index is 502. The highest BCUT2D eigenvalue weighted by Gasteiger charge is 2.12. The number of aromatic amines is 1. The van der Waals surface area contributed by atoms with Crippen LogP contribution in [0.3, 0.4) is 0 Å². The molecule has 2 rings (SSSR count). The van der Waals surface area contributed by atoms with Gasteiger partial charge in [-0.05, 0) is 18.6 Å². The minimum absolute atomic E-state index is 0.233. The molecule has 0 aliphatic heterocycles. The number of aryl methyl sites for hydroxylation is 1. The first-order valence-electron chi connectivity index (χ1n) is 4.70. The van der Waals surface area contributed by atoms with Crippen molar-refractivity contribution >= 4 is 16.9 Å². The van der Waals surface area contributed by atoms with Gasteiger partial charge in [0.1, 0.15) is 0 Å². The number of rotatable bonds is 2. The van der Waals surface area contributed by atoms with E-state index in [1.54, 1.807) is 12.4 Å². The van der Waals surface area contributed by atoms with E-state index in [-0.39, 0.29) is 12.4 Å². The highest BCUT2D eigenvalue weighted by molar-refractivity contribution is 5.87. The number of carbonyl (C=O) groups excluding carboxylic acids is 1. The van der Waals surface area contributed by atoms with Crippen molar-refractivity contribution in [3.8, 4) is 0 Å². The van der Waals surface area contributed by atoms with E-state index < -0.39 is 0 Å². The lowest BCUT2D eigenvalue weighted by atomic mass is 10.1. The maximum atomic E-state index is 11.2. The standard InChI is InChI=1S/C11H12N2O2/c1-7-8(5-11(14)15-2)9-6-12-4-3-10(9)13-7/h3-4,6,13H,5H2,1-2H3. The molecule has 0 aromatic carbocycles. The van der Waals surface area contributed by atoms with Gasteiger partial charge in [-0.25, -0.2) is 0 Å². The molecule has 78 valence electrons. The summed E-state index contributed by atoms with van der Waals surface area (Å²) in [6.07, 6.45) is 3.77. The van der Waals surface area contributed by atoms with Gasteiger partial charge in [0.15, 0.2) is 0 Å². The number of pyridine rings is 1. The molecule has 0 fully saturated rings. The van der Waals surface area contributed by atoms with Gasteiger partial charge >= 0.3 is 5.97 Å². The van der Waals surface area contributed by atoms with Crippen LogP contribution < -0.4 is 0 Å². The molecule has 0 aliphatic carbocycles. The van der Waals surface area contributed by atoms with Crippen molar-refractivity contribution in [2.45, 2.75) is 13.3 Å². The predicted molar refractivity (Wildman–Crippen MR) is 56.6 cm³/mol. The van der Waals surface area contributed by atoms with Gasteiger partial charge in [0.05, 0.1) is 13.5 Å². The number of methoxy groups -OCH3 is 1. The summed E-state index contributed by atoms with van der Waals surface area (Å²) in [5, 5.41) is 0.986. The van der Waals surface area contributed by atoms with Gasteiger partial charge in [-0.2, -0.15) is 0 Å². The Morgan fingerprint density at radius 1 is 1.60 bits per heavy atom. The van der Waals surface area contributed by atoms with Crippen LogP contribution in [0.25, 0.3) is 10.9 Å². The fourth-order valence-electron chi connectivity index (χ4n) is 1.67. The highest BCUT2D eigenvalue weighted by atomic mass is 16.5. The molecule has 0 radical (unpaired) electrons. The number of carbonyl (C=O) groups is 1. The van der Waals surface area contributed by atoms with Crippen molar-refractivity contribution in [2.75, 3.05) is 7.11 Å². The average molecular weight is 204 g/mol. The molecule has 0 spiro atoms. The van der Waals surface area contributed by atoms with Gasteiger partial charge in [0, 0.05) is 29.0 Å². The van der Waals surface area contributed by atoms with Crippen LogP contribution in [-0.4, -0.2) is 23.0 Å². The molecular weight excluding hydrogens is 192 g/mol. The molecule has 15 heavy (non-hydrogen) atoms. The van der Waals surface area contributed by atoms with Crippen molar-refractivity contribution in [1.29, 1.82) is 0 Å². The molecule has 0 saturated carbocycles. The first-order chi connectivity index (χ1) is 7.22. The van der Waals surface area contributed by atoms with E-state index in [1.807, 2.05) is 13.0 Å². The van der Waals surface area contributed by atoms with Crippen LogP contribution in [0, 0.1) is 6.92 Å². The number of aromatic nitrogens is 2. The second-order valence-electron chi connectivity index (χ2n) is 3.40. The van der Waals surface area contributed by atoms with Gasteiger partial charge in [-0.15, -0.1) is 0 Å².